The molecule has 5 nitrogen and oxygen atoms in total. The van der Waals surface area contributed by atoms with Crippen LogP contribution in [0.4, 0.5) is 0 Å². The Morgan fingerprint density at radius 3 is 2.16 bits per heavy atom. The number of thiophene rings is 1. The molecular weight excluding hydrogens is 450 g/mol. The maximum absolute atomic E-state index is 12.8. The van der Waals surface area contributed by atoms with E-state index >= 15 is 0 Å². The monoisotopic (exact) mass is 475 g/mol. The van der Waals surface area contributed by atoms with Crippen molar-refractivity contribution in [1.29, 1.82) is 0 Å². The van der Waals surface area contributed by atoms with E-state index in [1.165, 1.54) is 4.88 Å². The molecule has 0 saturated carbocycles. The van der Waals surface area contributed by atoms with Crippen molar-refractivity contribution >= 4 is 33.0 Å². The second-order valence-corrected chi connectivity index (χ2v) is 11.2. The van der Waals surface area contributed by atoms with Gasteiger partial charge in [0, 0.05) is 50.2 Å². The lowest BCUT2D eigenvalue weighted by atomic mass is 10.0. The predicted octanol–water partition coefficient (Wildman–Crippen LogP) is 4.24. The number of sulfonamides is 1. The van der Waals surface area contributed by atoms with E-state index in [9.17, 15) is 8.42 Å². The van der Waals surface area contributed by atoms with Gasteiger partial charge >= 0.3 is 0 Å². The van der Waals surface area contributed by atoms with Gasteiger partial charge in [0.1, 0.15) is 0 Å². The van der Waals surface area contributed by atoms with Gasteiger partial charge in [-0.1, -0.05) is 60.1 Å². The lowest BCUT2D eigenvalue weighted by Crippen LogP contribution is -2.49. The number of halogens is 1. The van der Waals surface area contributed by atoms with Crippen molar-refractivity contribution in [3.05, 3.63) is 87.6 Å². The Morgan fingerprint density at radius 2 is 1.55 bits per heavy atom. The van der Waals surface area contributed by atoms with Gasteiger partial charge in [0.25, 0.3) is 0 Å². The van der Waals surface area contributed by atoms with Gasteiger partial charge in [-0.2, -0.15) is 0 Å². The van der Waals surface area contributed by atoms with E-state index in [4.69, 9.17) is 11.6 Å². The number of benzene rings is 2. The molecule has 0 spiro atoms. The highest BCUT2D eigenvalue weighted by molar-refractivity contribution is 7.89. The van der Waals surface area contributed by atoms with E-state index in [0.29, 0.717) is 11.4 Å². The Kier molecular flexibility index (Phi) is 7.43. The molecular formula is C23H26ClN3O2S2. The van der Waals surface area contributed by atoms with Gasteiger partial charge in [-0.05, 0) is 29.8 Å². The molecule has 0 unspecified atom stereocenters. The Morgan fingerprint density at radius 1 is 0.903 bits per heavy atom. The summed E-state index contributed by atoms with van der Waals surface area (Å²) in [5, 5.41) is 0. The minimum absolute atomic E-state index is 0.0157. The second-order valence-electron chi connectivity index (χ2n) is 7.61. The van der Waals surface area contributed by atoms with Crippen LogP contribution in [0.5, 0.6) is 0 Å². The van der Waals surface area contributed by atoms with Crippen molar-refractivity contribution < 1.29 is 8.42 Å². The van der Waals surface area contributed by atoms with Gasteiger partial charge in [-0.3, -0.25) is 9.80 Å². The fourth-order valence-electron chi connectivity index (χ4n) is 3.89. The molecule has 2 heterocycles. The van der Waals surface area contributed by atoms with Crippen LogP contribution in [0.15, 0.2) is 77.7 Å². The summed E-state index contributed by atoms with van der Waals surface area (Å²) in [6, 6.07) is 22.7. The van der Waals surface area contributed by atoms with Crippen molar-refractivity contribution in [1.82, 2.24) is 14.5 Å². The summed E-state index contributed by atoms with van der Waals surface area (Å²) in [5.74, 6) is 0. The number of piperazine rings is 1. The third kappa shape index (κ3) is 5.94. The molecule has 1 aromatic heterocycles. The normalized spacial score (nSPS) is 16.9. The molecule has 0 radical (unpaired) electrons. The molecule has 31 heavy (non-hydrogen) atoms. The van der Waals surface area contributed by atoms with Crippen LogP contribution in [0.1, 0.15) is 16.5 Å². The van der Waals surface area contributed by atoms with Crippen LogP contribution in [0.25, 0.3) is 0 Å². The van der Waals surface area contributed by atoms with Crippen molar-refractivity contribution in [3.8, 4) is 0 Å². The first kappa shape index (κ1) is 22.5. The van der Waals surface area contributed by atoms with Crippen LogP contribution in [0, 0.1) is 0 Å². The number of hydrogen-bond acceptors (Lipinski definition) is 5. The highest BCUT2D eigenvalue weighted by atomic mass is 35.5. The van der Waals surface area contributed by atoms with E-state index in [1.807, 2.05) is 30.3 Å². The first-order chi connectivity index (χ1) is 15.0. The smallest absolute Gasteiger partial charge is 0.240 e. The Labute approximate surface area is 193 Å². The van der Waals surface area contributed by atoms with Crippen molar-refractivity contribution in [3.63, 3.8) is 0 Å². The SMILES string of the molecule is O=S(=O)(NC[C@@H](c1ccccc1)N1CCN(Cc2ccc(Cl)s2)CC1)c1ccccc1. The highest BCUT2D eigenvalue weighted by Gasteiger charge is 2.27. The Hall–Kier alpha value is -1.74. The van der Waals surface area contributed by atoms with Gasteiger partial charge in [0.05, 0.1) is 9.23 Å². The van der Waals surface area contributed by atoms with Crippen molar-refractivity contribution in [2.75, 3.05) is 32.7 Å². The van der Waals surface area contributed by atoms with Crippen LogP contribution in [-0.2, 0) is 16.6 Å². The predicted molar refractivity (Wildman–Crippen MR) is 127 cm³/mol. The highest BCUT2D eigenvalue weighted by Crippen LogP contribution is 2.25. The summed E-state index contributed by atoms with van der Waals surface area (Å²) in [7, 11) is -3.55. The molecule has 1 N–H and O–H groups in total. The molecule has 1 atom stereocenters. The average molecular weight is 476 g/mol. The lowest BCUT2D eigenvalue weighted by molar-refractivity contribution is 0.0934. The summed E-state index contributed by atoms with van der Waals surface area (Å²) in [6.07, 6.45) is 0. The van der Waals surface area contributed by atoms with E-state index in [-0.39, 0.29) is 6.04 Å². The van der Waals surface area contributed by atoms with Crippen LogP contribution < -0.4 is 4.72 Å². The molecule has 1 aliphatic rings. The van der Waals surface area contributed by atoms with E-state index in [2.05, 4.69) is 32.7 Å². The molecule has 3 aromatic rings. The maximum atomic E-state index is 12.8. The van der Waals surface area contributed by atoms with Gasteiger partial charge < -0.3 is 0 Å². The molecule has 4 rings (SSSR count). The molecule has 1 fully saturated rings. The molecule has 0 aliphatic carbocycles. The zero-order chi connectivity index (χ0) is 21.7. The zero-order valence-electron chi connectivity index (χ0n) is 17.2. The van der Waals surface area contributed by atoms with Crippen LogP contribution in [0.3, 0.4) is 0 Å². The summed E-state index contributed by atoms with van der Waals surface area (Å²) in [6.45, 7) is 4.87. The van der Waals surface area contributed by atoms with Gasteiger partial charge in [-0.25, -0.2) is 13.1 Å². The first-order valence-electron chi connectivity index (χ1n) is 10.3. The molecule has 1 saturated heterocycles. The topological polar surface area (TPSA) is 52.7 Å². The molecule has 164 valence electrons. The molecule has 0 amide bonds. The van der Waals surface area contributed by atoms with Crippen LogP contribution in [-0.4, -0.2) is 50.9 Å². The number of nitrogens with one attached hydrogen (secondary N) is 1. The first-order valence-corrected chi connectivity index (χ1v) is 13.0. The van der Waals surface area contributed by atoms with E-state index in [1.54, 1.807) is 35.6 Å². The second kappa shape index (κ2) is 10.3. The Bertz CT molecular complexity index is 1070. The van der Waals surface area contributed by atoms with Crippen LogP contribution >= 0.6 is 22.9 Å². The van der Waals surface area contributed by atoms with E-state index in [0.717, 1.165) is 42.6 Å². The number of hydrogen-bond donors (Lipinski definition) is 1. The van der Waals surface area contributed by atoms with Crippen molar-refractivity contribution in [2.24, 2.45) is 0 Å². The molecule has 1 aliphatic heterocycles. The van der Waals surface area contributed by atoms with Gasteiger partial charge in [0.2, 0.25) is 10.0 Å². The third-order valence-electron chi connectivity index (χ3n) is 5.56. The van der Waals surface area contributed by atoms with Gasteiger partial charge in [0.15, 0.2) is 0 Å². The quantitative estimate of drug-likeness (QED) is 0.529. The standard InChI is InChI=1S/C23H26ClN3O2S2/c24-23-12-11-20(30-23)18-26-13-15-27(16-14-26)22(19-7-3-1-4-8-19)17-25-31(28,29)21-9-5-2-6-10-21/h1-12,22,25H,13-18H2/t22-/m0/s1. The fraction of sp³-hybridized carbons (Fsp3) is 0.304. The lowest BCUT2D eigenvalue weighted by Gasteiger charge is -2.39. The average Bonchev–Trinajstić information content (AvgIpc) is 3.21. The summed E-state index contributed by atoms with van der Waals surface area (Å²) in [5.41, 5.74) is 1.12. The fourth-order valence-corrected chi connectivity index (χ4v) is 6.08. The Balaban J connectivity index is 1.43. The molecule has 0 bridgehead atoms. The van der Waals surface area contributed by atoms with Gasteiger partial charge in [-0.15, -0.1) is 11.3 Å². The molecule has 8 heteroatoms. The largest absolute Gasteiger partial charge is 0.296 e. The maximum Gasteiger partial charge on any atom is 0.240 e. The summed E-state index contributed by atoms with van der Waals surface area (Å²) in [4.78, 5) is 6.37. The summed E-state index contributed by atoms with van der Waals surface area (Å²) >= 11 is 7.69. The zero-order valence-corrected chi connectivity index (χ0v) is 19.5. The number of rotatable bonds is 8. The minimum atomic E-state index is -3.55. The molecule has 2 aromatic carbocycles. The third-order valence-corrected chi connectivity index (χ3v) is 8.22. The van der Waals surface area contributed by atoms with Crippen molar-refractivity contribution in [2.45, 2.75) is 17.5 Å². The van der Waals surface area contributed by atoms with E-state index < -0.39 is 10.0 Å². The number of nitrogens with zero attached hydrogens (tertiary/aromatic N) is 2. The minimum Gasteiger partial charge on any atom is -0.296 e. The van der Waals surface area contributed by atoms with Crippen LogP contribution in [0.2, 0.25) is 4.34 Å². The summed E-state index contributed by atoms with van der Waals surface area (Å²) < 4.78 is 29.2.